The minimum atomic E-state index is -0.176. The predicted octanol–water partition coefficient (Wildman–Crippen LogP) is -0.0624. The third-order valence-corrected chi connectivity index (χ3v) is 3.47. The number of methoxy groups -OCH3 is 1. The number of ether oxygens (including phenoxy) is 1. The van der Waals surface area contributed by atoms with Crippen molar-refractivity contribution in [3.8, 4) is 0 Å². The van der Waals surface area contributed by atoms with E-state index in [4.69, 9.17) is 16.2 Å². The Bertz CT molecular complexity index is 236. The fourth-order valence-electron chi connectivity index (χ4n) is 2.49. The Morgan fingerprint density at radius 2 is 2.35 bits per heavy atom. The minimum absolute atomic E-state index is 0.000910. The Balaban J connectivity index is 2.50. The lowest BCUT2D eigenvalue weighted by Gasteiger charge is -2.37. The molecule has 2 atom stereocenters. The first kappa shape index (κ1) is 14.4. The van der Waals surface area contributed by atoms with Gasteiger partial charge in [-0.25, -0.2) is 0 Å². The molecule has 1 fully saturated rings. The summed E-state index contributed by atoms with van der Waals surface area (Å²) in [5.41, 5.74) is 10.9. The Hall–Kier alpha value is -0.650. The predicted molar refractivity (Wildman–Crippen MR) is 67.4 cm³/mol. The maximum Gasteiger partial charge on any atom is 0.221 e. The van der Waals surface area contributed by atoms with Gasteiger partial charge in [0, 0.05) is 19.7 Å². The molecule has 0 aromatic heterocycles. The molecule has 1 aliphatic heterocycles. The van der Waals surface area contributed by atoms with Gasteiger partial charge in [-0.15, -0.1) is 0 Å². The first-order valence-electron chi connectivity index (χ1n) is 6.41. The van der Waals surface area contributed by atoms with Crippen molar-refractivity contribution in [2.45, 2.75) is 31.7 Å². The molecular weight excluding hydrogens is 218 g/mol. The number of nitrogens with two attached hydrogens (primary N) is 2. The number of hydrogen-bond donors (Lipinski definition) is 2. The molecule has 17 heavy (non-hydrogen) atoms. The molecule has 0 aromatic carbocycles. The van der Waals surface area contributed by atoms with Crippen LogP contribution in [0.2, 0.25) is 0 Å². The van der Waals surface area contributed by atoms with Crippen molar-refractivity contribution in [2.24, 2.45) is 17.4 Å². The second-order valence-corrected chi connectivity index (χ2v) is 4.78. The van der Waals surface area contributed by atoms with E-state index in [1.54, 1.807) is 7.11 Å². The van der Waals surface area contributed by atoms with E-state index in [1.165, 1.54) is 0 Å². The van der Waals surface area contributed by atoms with E-state index in [2.05, 4.69) is 4.90 Å². The molecule has 5 heteroatoms. The van der Waals surface area contributed by atoms with Gasteiger partial charge in [-0.3, -0.25) is 9.69 Å². The number of primary amides is 1. The fraction of sp³-hybridized carbons (Fsp3) is 0.917. The lowest BCUT2D eigenvalue weighted by molar-refractivity contribution is -0.124. The van der Waals surface area contributed by atoms with Gasteiger partial charge in [-0.05, 0) is 38.8 Å². The van der Waals surface area contributed by atoms with Crippen LogP contribution >= 0.6 is 0 Å². The van der Waals surface area contributed by atoms with Crippen LogP contribution < -0.4 is 11.5 Å². The standard InChI is InChI=1S/C12H25N3O2/c1-17-9-11(5-2-6-13)15-7-3-4-10(8-15)12(14)16/h10-11H,2-9,13H2,1H3,(H2,14,16). The third kappa shape index (κ3) is 4.61. The van der Waals surface area contributed by atoms with Crippen LogP contribution in [-0.4, -0.2) is 50.2 Å². The number of amides is 1. The Morgan fingerprint density at radius 3 is 2.94 bits per heavy atom. The topological polar surface area (TPSA) is 81.6 Å². The van der Waals surface area contributed by atoms with Crippen molar-refractivity contribution in [1.29, 1.82) is 0 Å². The molecule has 0 saturated carbocycles. The fourth-order valence-corrected chi connectivity index (χ4v) is 2.49. The maximum atomic E-state index is 11.2. The molecule has 0 bridgehead atoms. The molecule has 0 aromatic rings. The summed E-state index contributed by atoms with van der Waals surface area (Å²) in [7, 11) is 1.71. The van der Waals surface area contributed by atoms with Gasteiger partial charge in [-0.2, -0.15) is 0 Å². The van der Waals surface area contributed by atoms with Gasteiger partial charge in [0.05, 0.1) is 12.5 Å². The van der Waals surface area contributed by atoms with Crippen LogP contribution in [0.25, 0.3) is 0 Å². The molecule has 1 heterocycles. The maximum absolute atomic E-state index is 11.2. The van der Waals surface area contributed by atoms with E-state index >= 15 is 0 Å². The third-order valence-electron chi connectivity index (χ3n) is 3.47. The summed E-state index contributed by atoms with van der Waals surface area (Å²) in [6.07, 6.45) is 3.97. The molecule has 1 saturated heterocycles. The summed E-state index contributed by atoms with van der Waals surface area (Å²) in [5, 5.41) is 0. The average Bonchev–Trinajstić information content (AvgIpc) is 2.34. The van der Waals surface area contributed by atoms with Gasteiger partial charge in [0.15, 0.2) is 0 Å². The first-order valence-corrected chi connectivity index (χ1v) is 6.41. The smallest absolute Gasteiger partial charge is 0.221 e. The van der Waals surface area contributed by atoms with Crippen LogP contribution in [-0.2, 0) is 9.53 Å². The number of likely N-dealkylation sites (tertiary alicyclic amines) is 1. The zero-order valence-corrected chi connectivity index (χ0v) is 10.7. The van der Waals surface area contributed by atoms with Gasteiger partial charge < -0.3 is 16.2 Å². The lowest BCUT2D eigenvalue weighted by atomic mass is 9.95. The van der Waals surface area contributed by atoms with Crippen molar-refractivity contribution in [2.75, 3.05) is 33.4 Å². The van der Waals surface area contributed by atoms with Crippen LogP contribution in [0.15, 0.2) is 0 Å². The van der Waals surface area contributed by atoms with E-state index in [1.807, 2.05) is 0 Å². The number of carbonyl (C=O) groups is 1. The number of nitrogens with zero attached hydrogens (tertiary/aromatic N) is 1. The second-order valence-electron chi connectivity index (χ2n) is 4.78. The van der Waals surface area contributed by atoms with Gasteiger partial charge in [-0.1, -0.05) is 0 Å². The first-order chi connectivity index (χ1) is 8.19. The molecule has 2 unspecified atom stereocenters. The summed E-state index contributed by atoms with van der Waals surface area (Å²) >= 11 is 0. The summed E-state index contributed by atoms with van der Waals surface area (Å²) in [6.45, 7) is 3.20. The highest BCUT2D eigenvalue weighted by Crippen LogP contribution is 2.20. The number of carbonyl (C=O) groups excluding carboxylic acids is 1. The van der Waals surface area contributed by atoms with Gasteiger partial charge in [0.2, 0.25) is 5.91 Å². The summed E-state index contributed by atoms with van der Waals surface area (Å²) in [4.78, 5) is 13.6. The average molecular weight is 243 g/mol. The molecule has 0 aliphatic carbocycles. The molecule has 100 valence electrons. The highest BCUT2D eigenvalue weighted by atomic mass is 16.5. The second kappa shape index (κ2) is 7.63. The van der Waals surface area contributed by atoms with Crippen LogP contribution in [0.4, 0.5) is 0 Å². The van der Waals surface area contributed by atoms with Crippen molar-refractivity contribution < 1.29 is 9.53 Å². The highest BCUT2D eigenvalue weighted by Gasteiger charge is 2.28. The summed E-state index contributed by atoms with van der Waals surface area (Å²) in [5.74, 6) is -0.175. The van der Waals surface area contributed by atoms with E-state index in [0.29, 0.717) is 19.2 Å². The van der Waals surface area contributed by atoms with Crippen molar-refractivity contribution in [3.63, 3.8) is 0 Å². The lowest BCUT2D eigenvalue weighted by Crippen LogP contribution is -2.47. The quantitative estimate of drug-likeness (QED) is 0.656. The van der Waals surface area contributed by atoms with Gasteiger partial charge >= 0.3 is 0 Å². The molecule has 1 aliphatic rings. The van der Waals surface area contributed by atoms with Crippen molar-refractivity contribution in [3.05, 3.63) is 0 Å². The number of hydrogen-bond acceptors (Lipinski definition) is 4. The molecular formula is C12H25N3O2. The Morgan fingerprint density at radius 1 is 1.59 bits per heavy atom. The van der Waals surface area contributed by atoms with Crippen molar-refractivity contribution >= 4 is 5.91 Å². The molecule has 1 rings (SSSR count). The highest BCUT2D eigenvalue weighted by molar-refractivity contribution is 5.76. The van der Waals surface area contributed by atoms with Crippen LogP contribution in [0.3, 0.4) is 0 Å². The summed E-state index contributed by atoms with van der Waals surface area (Å²) < 4.78 is 5.25. The van der Waals surface area contributed by atoms with E-state index in [0.717, 1.165) is 38.8 Å². The molecule has 0 radical (unpaired) electrons. The van der Waals surface area contributed by atoms with Gasteiger partial charge in [0.1, 0.15) is 0 Å². The van der Waals surface area contributed by atoms with Crippen LogP contribution in [0.1, 0.15) is 25.7 Å². The minimum Gasteiger partial charge on any atom is -0.383 e. The van der Waals surface area contributed by atoms with E-state index < -0.39 is 0 Å². The Labute approximate surface area is 103 Å². The van der Waals surface area contributed by atoms with E-state index in [-0.39, 0.29) is 11.8 Å². The molecule has 1 amide bonds. The zero-order chi connectivity index (χ0) is 12.7. The zero-order valence-electron chi connectivity index (χ0n) is 10.7. The SMILES string of the molecule is COCC(CCCN)N1CCCC(C(N)=O)C1. The molecule has 5 nitrogen and oxygen atoms in total. The Kier molecular flexibility index (Phi) is 6.47. The van der Waals surface area contributed by atoms with Crippen LogP contribution in [0, 0.1) is 5.92 Å². The molecule has 0 spiro atoms. The summed E-state index contributed by atoms with van der Waals surface area (Å²) in [6, 6.07) is 0.366. The molecule has 4 N–H and O–H groups in total. The largest absolute Gasteiger partial charge is 0.383 e. The monoisotopic (exact) mass is 243 g/mol. The van der Waals surface area contributed by atoms with Gasteiger partial charge in [0.25, 0.3) is 0 Å². The normalized spacial score (nSPS) is 23.5. The van der Waals surface area contributed by atoms with Crippen molar-refractivity contribution in [1.82, 2.24) is 4.90 Å². The number of piperidine rings is 1. The van der Waals surface area contributed by atoms with E-state index in [9.17, 15) is 4.79 Å². The number of rotatable bonds is 7. The van der Waals surface area contributed by atoms with Crippen LogP contribution in [0.5, 0.6) is 0 Å².